The summed E-state index contributed by atoms with van der Waals surface area (Å²) in [4.78, 5) is 5.29. The molecule has 0 aliphatic carbocycles. The Morgan fingerprint density at radius 3 is 2.52 bits per heavy atom. The molecule has 2 aliphatic heterocycles. The molecule has 2 aliphatic rings. The second-order valence-electron chi connectivity index (χ2n) is 6.96. The Hall–Kier alpha value is -0.160. The lowest BCUT2D eigenvalue weighted by molar-refractivity contribution is -0.0823. The first-order valence-corrected chi connectivity index (χ1v) is 8.76. The molecule has 2 atom stereocenters. The maximum Gasteiger partial charge on any atom is 0.0596 e. The van der Waals surface area contributed by atoms with Crippen LogP contribution in [0.25, 0.3) is 0 Å². The van der Waals surface area contributed by atoms with Gasteiger partial charge >= 0.3 is 0 Å². The first-order valence-electron chi connectivity index (χ1n) is 8.76. The van der Waals surface area contributed by atoms with Crippen molar-refractivity contribution in [2.24, 2.45) is 0 Å². The van der Waals surface area contributed by atoms with E-state index in [9.17, 15) is 0 Å². The quantitative estimate of drug-likeness (QED) is 0.752. The summed E-state index contributed by atoms with van der Waals surface area (Å²) >= 11 is 0. The van der Waals surface area contributed by atoms with Gasteiger partial charge in [0.15, 0.2) is 0 Å². The van der Waals surface area contributed by atoms with Crippen molar-refractivity contribution in [3.05, 3.63) is 0 Å². The number of piperazine rings is 1. The van der Waals surface area contributed by atoms with Crippen LogP contribution in [-0.2, 0) is 9.47 Å². The molecule has 2 rings (SSSR count). The molecule has 124 valence electrons. The fraction of sp³-hybridized carbons (Fsp3) is 1.00. The molecule has 0 aromatic carbocycles. The van der Waals surface area contributed by atoms with E-state index in [-0.39, 0.29) is 0 Å². The molecule has 0 unspecified atom stereocenters. The van der Waals surface area contributed by atoms with E-state index >= 15 is 0 Å². The molecule has 2 heterocycles. The van der Waals surface area contributed by atoms with Gasteiger partial charge < -0.3 is 9.47 Å². The Morgan fingerprint density at radius 2 is 1.95 bits per heavy atom. The number of hydrogen-bond donors (Lipinski definition) is 0. The topological polar surface area (TPSA) is 24.9 Å². The molecule has 0 spiro atoms. The van der Waals surface area contributed by atoms with Gasteiger partial charge in [-0.3, -0.25) is 9.80 Å². The number of ether oxygens (including phenoxy) is 2. The van der Waals surface area contributed by atoms with E-state index in [0.29, 0.717) is 17.7 Å². The van der Waals surface area contributed by atoms with Gasteiger partial charge in [-0.15, -0.1) is 0 Å². The van der Waals surface area contributed by atoms with Crippen LogP contribution in [0, 0.1) is 0 Å². The van der Waals surface area contributed by atoms with Crippen molar-refractivity contribution < 1.29 is 9.47 Å². The standard InChI is InChI=1S/C17H34N2O2/c1-5-17(6-12-21-16(4)14-17)19-9-7-18(8-10-19)11-13-20-15(2)3/h15-16H,5-14H2,1-4H3/t16-,17+/m0/s1. The molecule has 0 aromatic rings. The van der Waals surface area contributed by atoms with Crippen molar-refractivity contribution >= 4 is 0 Å². The van der Waals surface area contributed by atoms with Gasteiger partial charge in [0, 0.05) is 44.9 Å². The van der Waals surface area contributed by atoms with E-state index in [0.717, 1.165) is 19.8 Å². The van der Waals surface area contributed by atoms with Crippen molar-refractivity contribution in [2.75, 3.05) is 45.9 Å². The van der Waals surface area contributed by atoms with Gasteiger partial charge in [0.25, 0.3) is 0 Å². The lowest BCUT2D eigenvalue weighted by Gasteiger charge is -2.50. The van der Waals surface area contributed by atoms with E-state index in [2.05, 4.69) is 37.5 Å². The molecule has 0 radical (unpaired) electrons. The molecule has 0 aromatic heterocycles. The molecular formula is C17H34N2O2. The predicted molar refractivity (Wildman–Crippen MR) is 86.8 cm³/mol. The van der Waals surface area contributed by atoms with Crippen LogP contribution < -0.4 is 0 Å². The third-order valence-electron chi connectivity index (χ3n) is 5.20. The minimum Gasteiger partial charge on any atom is -0.378 e. The molecular weight excluding hydrogens is 264 g/mol. The minimum absolute atomic E-state index is 0.346. The van der Waals surface area contributed by atoms with Gasteiger partial charge in [-0.2, -0.15) is 0 Å². The highest BCUT2D eigenvalue weighted by atomic mass is 16.5. The summed E-state index contributed by atoms with van der Waals surface area (Å²) in [5, 5.41) is 0. The van der Waals surface area contributed by atoms with Gasteiger partial charge in [0.2, 0.25) is 0 Å². The third-order valence-corrected chi connectivity index (χ3v) is 5.20. The monoisotopic (exact) mass is 298 g/mol. The zero-order valence-electron chi connectivity index (χ0n) is 14.4. The van der Waals surface area contributed by atoms with E-state index in [1.54, 1.807) is 0 Å². The average Bonchev–Trinajstić information content (AvgIpc) is 2.47. The molecule has 4 nitrogen and oxygen atoms in total. The summed E-state index contributed by atoms with van der Waals surface area (Å²) in [5.74, 6) is 0. The van der Waals surface area contributed by atoms with Crippen LogP contribution in [0.5, 0.6) is 0 Å². The Kier molecular flexibility index (Phi) is 6.48. The van der Waals surface area contributed by atoms with Crippen LogP contribution in [0.2, 0.25) is 0 Å². The van der Waals surface area contributed by atoms with Crippen LogP contribution >= 0.6 is 0 Å². The van der Waals surface area contributed by atoms with Gasteiger partial charge in [0.05, 0.1) is 18.8 Å². The maximum atomic E-state index is 5.77. The molecule has 21 heavy (non-hydrogen) atoms. The summed E-state index contributed by atoms with van der Waals surface area (Å²) in [5.41, 5.74) is 0.387. The molecule has 0 N–H and O–H groups in total. The number of rotatable bonds is 6. The first-order chi connectivity index (χ1) is 10.1. The molecule has 0 saturated carbocycles. The van der Waals surface area contributed by atoms with Crippen LogP contribution in [0.15, 0.2) is 0 Å². The Balaban J connectivity index is 1.79. The highest BCUT2D eigenvalue weighted by Gasteiger charge is 2.40. The number of nitrogens with zero attached hydrogens (tertiary/aromatic N) is 2. The molecule has 2 fully saturated rings. The highest BCUT2D eigenvalue weighted by Crippen LogP contribution is 2.34. The zero-order valence-corrected chi connectivity index (χ0v) is 14.4. The van der Waals surface area contributed by atoms with E-state index in [1.807, 2.05) is 0 Å². The van der Waals surface area contributed by atoms with Gasteiger partial charge in [-0.25, -0.2) is 0 Å². The van der Waals surface area contributed by atoms with Crippen LogP contribution in [0.1, 0.15) is 47.0 Å². The van der Waals surface area contributed by atoms with E-state index in [4.69, 9.17) is 9.47 Å². The van der Waals surface area contributed by atoms with Crippen molar-refractivity contribution in [3.8, 4) is 0 Å². The Labute approximate surface area is 130 Å². The van der Waals surface area contributed by atoms with Crippen molar-refractivity contribution in [1.29, 1.82) is 0 Å². The molecule has 2 saturated heterocycles. The van der Waals surface area contributed by atoms with Crippen molar-refractivity contribution in [2.45, 2.75) is 64.7 Å². The molecule has 0 bridgehead atoms. The number of hydrogen-bond acceptors (Lipinski definition) is 4. The Bertz CT molecular complexity index is 303. The lowest BCUT2D eigenvalue weighted by atomic mass is 9.82. The van der Waals surface area contributed by atoms with Crippen LogP contribution in [0.3, 0.4) is 0 Å². The van der Waals surface area contributed by atoms with Crippen molar-refractivity contribution in [3.63, 3.8) is 0 Å². The first kappa shape index (κ1) is 17.2. The molecule has 4 heteroatoms. The average molecular weight is 298 g/mol. The third kappa shape index (κ3) is 4.65. The van der Waals surface area contributed by atoms with Gasteiger partial charge in [0.1, 0.15) is 0 Å². The minimum atomic E-state index is 0.346. The fourth-order valence-electron chi connectivity index (χ4n) is 3.84. The fourth-order valence-corrected chi connectivity index (χ4v) is 3.84. The summed E-state index contributed by atoms with van der Waals surface area (Å²) in [7, 11) is 0. The summed E-state index contributed by atoms with van der Waals surface area (Å²) < 4.78 is 11.4. The SMILES string of the molecule is CC[C@@]1(N2CCN(CCOC(C)C)CC2)CCO[C@@H](C)C1. The maximum absolute atomic E-state index is 5.77. The lowest BCUT2D eigenvalue weighted by Crippen LogP contribution is -2.59. The van der Waals surface area contributed by atoms with Gasteiger partial charge in [-0.1, -0.05) is 6.92 Å². The molecule has 0 amide bonds. The van der Waals surface area contributed by atoms with Gasteiger partial charge in [-0.05, 0) is 40.0 Å². The summed E-state index contributed by atoms with van der Waals surface area (Å²) in [6.07, 6.45) is 4.40. The second-order valence-corrected chi connectivity index (χ2v) is 6.96. The van der Waals surface area contributed by atoms with Crippen molar-refractivity contribution in [1.82, 2.24) is 9.80 Å². The largest absolute Gasteiger partial charge is 0.378 e. The van der Waals surface area contributed by atoms with Crippen LogP contribution in [0.4, 0.5) is 0 Å². The predicted octanol–water partition coefficient (Wildman–Crippen LogP) is 2.38. The van der Waals surface area contributed by atoms with Crippen LogP contribution in [-0.4, -0.2) is 73.5 Å². The highest BCUT2D eigenvalue weighted by molar-refractivity contribution is 4.95. The Morgan fingerprint density at radius 1 is 1.24 bits per heavy atom. The normalized spacial score (nSPS) is 32.7. The summed E-state index contributed by atoms with van der Waals surface area (Å²) in [6.45, 7) is 16.4. The van der Waals surface area contributed by atoms with E-state index in [1.165, 1.54) is 45.4 Å². The smallest absolute Gasteiger partial charge is 0.0596 e. The second kappa shape index (κ2) is 7.91. The van der Waals surface area contributed by atoms with E-state index < -0.39 is 0 Å². The summed E-state index contributed by atoms with van der Waals surface area (Å²) in [6, 6.07) is 0. The zero-order chi connectivity index (χ0) is 15.3.